The molecule has 4 nitrogen and oxygen atoms in total. The Balaban J connectivity index is 1.69. The molecule has 0 aliphatic carbocycles. The number of aromatic nitrogens is 2. The molecular weight excluding hydrogens is 310 g/mol. The van der Waals surface area contributed by atoms with Crippen LogP contribution >= 0.6 is 0 Å². The summed E-state index contributed by atoms with van der Waals surface area (Å²) in [5.74, 6) is 1.81. The number of aliphatic hydroxyl groups is 1. The highest BCUT2D eigenvalue weighted by Gasteiger charge is 2.41. The van der Waals surface area contributed by atoms with E-state index >= 15 is 0 Å². The van der Waals surface area contributed by atoms with E-state index in [-0.39, 0.29) is 6.10 Å². The summed E-state index contributed by atoms with van der Waals surface area (Å²) in [6.07, 6.45) is 3.79. The molecule has 0 saturated carbocycles. The van der Waals surface area contributed by atoms with Crippen molar-refractivity contribution in [2.24, 2.45) is 0 Å². The normalized spacial score (nSPS) is 25.5. The first-order valence-corrected chi connectivity index (χ1v) is 9.08. The average Bonchev–Trinajstić information content (AvgIpc) is 2.92. The Labute approximate surface area is 147 Å². The van der Waals surface area contributed by atoms with Crippen LogP contribution in [0.25, 0.3) is 22.3 Å². The Morgan fingerprint density at radius 2 is 1.52 bits per heavy atom. The molecule has 0 spiro atoms. The van der Waals surface area contributed by atoms with E-state index in [0.29, 0.717) is 12.1 Å². The number of piperidine rings is 1. The minimum absolute atomic E-state index is 0.171. The maximum Gasteiger partial charge on any atom is 0.162 e. The molecule has 2 atom stereocenters. The van der Waals surface area contributed by atoms with Gasteiger partial charge in [-0.1, -0.05) is 42.5 Å². The van der Waals surface area contributed by atoms with Gasteiger partial charge in [0.05, 0.1) is 11.6 Å². The van der Waals surface area contributed by atoms with E-state index < -0.39 is 0 Å². The summed E-state index contributed by atoms with van der Waals surface area (Å²) in [4.78, 5) is 12.3. The van der Waals surface area contributed by atoms with E-state index in [1.165, 1.54) is 0 Å². The molecule has 2 aliphatic rings. The van der Waals surface area contributed by atoms with Gasteiger partial charge >= 0.3 is 0 Å². The Hall–Kier alpha value is -2.46. The number of rotatable bonds is 2. The molecule has 2 bridgehead atoms. The van der Waals surface area contributed by atoms with E-state index in [2.05, 4.69) is 35.2 Å². The molecule has 25 heavy (non-hydrogen) atoms. The van der Waals surface area contributed by atoms with Gasteiger partial charge in [-0.2, -0.15) is 0 Å². The highest BCUT2D eigenvalue weighted by molar-refractivity contribution is 5.91. The standard InChI is InChI=1S/C21H21N3O/c25-17-12-15-10-11-16(13-17)24(15)21-18-8-4-5-9-19(18)22-20(23-21)14-6-2-1-3-7-14/h1-9,15-17,25H,10-13H2. The number of para-hydroxylation sites is 1. The lowest BCUT2D eigenvalue weighted by molar-refractivity contribution is 0.126. The highest BCUT2D eigenvalue weighted by Crippen LogP contribution is 2.41. The summed E-state index contributed by atoms with van der Waals surface area (Å²) in [7, 11) is 0. The molecule has 5 rings (SSSR count). The first-order chi connectivity index (χ1) is 12.3. The zero-order valence-corrected chi connectivity index (χ0v) is 14.0. The summed E-state index contributed by atoms with van der Waals surface area (Å²) >= 11 is 0. The van der Waals surface area contributed by atoms with Gasteiger partial charge < -0.3 is 10.0 Å². The van der Waals surface area contributed by atoms with Gasteiger partial charge in [0.25, 0.3) is 0 Å². The highest BCUT2D eigenvalue weighted by atomic mass is 16.3. The summed E-state index contributed by atoms with van der Waals surface area (Å²) < 4.78 is 0. The second-order valence-electron chi connectivity index (χ2n) is 7.17. The molecule has 1 N–H and O–H groups in total. The van der Waals surface area contributed by atoms with Gasteiger partial charge in [0.1, 0.15) is 5.82 Å². The third-order valence-corrected chi connectivity index (χ3v) is 5.57. The number of fused-ring (bicyclic) bond motifs is 3. The largest absolute Gasteiger partial charge is 0.393 e. The van der Waals surface area contributed by atoms with Crippen LogP contribution in [0.5, 0.6) is 0 Å². The lowest BCUT2D eigenvalue weighted by atomic mass is 9.99. The molecule has 2 fully saturated rings. The maximum atomic E-state index is 10.1. The Bertz CT molecular complexity index is 897. The molecule has 3 aromatic rings. The monoisotopic (exact) mass is 331 g/mol. The summed E-state index contributed by atoms with van der Waals surface area (Å²) in [6.45, 7) is 0. The number of anilines is 1. The van der Waals surface area contributed by atoms with Gasteiger partial charge in [-0.05, 0) is 37.8 Å². The van der Waals surface area contributed by atoms with Crippen molar-refractivity contribution < 1.29 is 5.11 Å². The minimum Gasteiger partial charge on any atom is -0.393 e. The second kappa shape index (κ2) is 5.81. The minimum atomic E-state index is -0.171. The smallest absolute Gasteiger partial charge is 0.162 e. The summed E-state index contributed by atoms with van der Waals surface area (Å²) in [5, 5.41) is 11.2. The quantitative estimate of drug-likeness (QED) is 0.776. The number of hydrogen-bond acceptors (Lipinski definition) is 4. The number of aliphatic hydroxyl groups excluding tert-OH is 1. The first-order valence-electron chi connectivity index (χ1n) is 9.08. The predicted octanol–water partition coefficient (Wildman–Crippen LogP) is 3.79. The molecule has 4 heteroatoms. The fraction of sp³-hybridized carbons (Fsp3) is 0.333. The van der Waals surface area contributed by atoms with Crippen molar-refractivity contribution in [2.75, 3.05) is 4.90 Å². The van der Waals surface area contributed by atoms with E-state index in [9.17, 15) is 5.11 Å². The van der Waals surface area contributed by atoms with Crippen molar-refractivity contribution in [3.05, 3.63) is 54.6 Å². The lowest BCUT2D eigenvalue weighted by Crippen LogP contribution is -2.45. The topological polar surface area (TPSA) is 49.2 Å². The van der Waals surface area contributed by atoms with E-state index in [4.69, 9.17) is 9.97 Å². The van der Waals surface area contributed by atoms with Crippen molar-refractivity contribution in [1.29, 1.82) is 0 Å². The van der Waals surface area contributed by atoms with Crippen molar-refractivity contribution >= 4 is 16.7 Å². The number of nitrogens with zero attached hydrogens (tertiary/aromatic N) is 3. The van der Waals surface area contributed by atoms with Gasteiger partial charge in [-0.3, -0.25) is 0 Å². The third-order valence-electron chi connectivity index (χ3n) is 5.57. The average molecular weight is 331 g/mol. The van der Waals surface area contributed by atoms with Crippen LogP contribution in [0.1, 0.15) is 25.7 Å². The first kappa shape index (κ1) is 14.8. The molecule has 3 heterocycles. The van der Waals surface area contributed by atoms with Gasteiger partial charge in [0.15, 0.2) is 5.82 Å². The molecular formula is C21H21N3O. The van der Waals surface area contributed by atoms with E-state index in [1.54, 1.807) is 0 Å². The summed E-state index contributed by atoms with van der Waals surface area (Å²) in [5.41, 5.74) is 2.02. The second-order valence-corrected chi connectivity index (χ2v) is 7.17. The van der Waals surface area contributed by atoms with Gasteiger partial charge in [0.2, 0.25) is 0 Å². The SMILES string of the molecule is OC1CC2CCC(C1)N2c1nc(-c2ccccc2)nc2ccccc12. The van der Waals surface area contributed by atoms with E-state index in [1.807, 2.05) is 24.3 Å². The van der Waals surface area contributed by atoms with Crippen LogP contribution in [-0.2, 0) is 0 Å². The Kier molecular flexibility index (Phi) is 3.45. The molecule has 1 aromatic heterocycles. The van der Waals surface area contributed by atoms with Crippen molar-refractivity contribution in [2.45, 2.75) is 43.9 Å². The predicted molar refractivity (Wildman–Crippen MR) is 99.5 cm³/mol. The Morgan fingerprint density at radius 3 is 2.28 bits per heavy atom. The molecule has 0 amide bonds. The molecule has 2 aromatic carbocycles. The van der Waals surface area contributed by atoms with Crippen LogP contribution in [0.15, 0.2) is 54.6 Å². The zero-order chi connectivity index (χ0) is 16.8. The summed E-state index contributed by atoms with van der Waals surface area (Å²) in [6, 6.07) is 19.2. The van der Waals surface area contributed by atoms with Crippen LogP contribution in [0.3, 0.4) is 0 Å². The van der Waals surface area contributed by atoms with Crippen molar-refractivity contribution in [3.63, 3.8) is 0 Å². The van der Waals surface area contributed by atoms with E-state index in [0.717, 1.165) is 53.8 Å². The van der Waals surface area contributed by atoms with Crippen LogP contribution in [0, 0.1) is 0 Å². The fourth-order valence-electron chi connectivity index (χ4n) is 4.47. The van der Waals surface area contributed by atoms with Gasteiger partial charge in [0, 0.05) is 23.0 Å². The van der Waals surface area contributed by atoms with Gasteiger partial charge in [-0.15, -0.1) is 0 Å². The Morgan fingerprint density at radius 1 is 0.840 bits per heavy atom. The van der Waals surface area contributed by atoms with Gasteiger partial charge in [-0.25, -0.2) is 9.97 Å². The zero-order valence-electron chi connectivity index (χ0n) is 14.0. The molecule has 126 valence electrons. The fourth-order valence-corrected chi connectivity index (χ4v) is 4.47. The maximum absolute atomic E-state index is 10.1. The molecule has 2 saturated heterocycles. The lowest BCUT2D eigenvalue weighted by Gasteiger charge is -2.38. The molecule has 2 unspecified atom stereocenters. The van der Waals surface area contributed by atoms with Crippen molar-refractivity contribution in [3.8, 4) is 11.4 Å². The number of hydrogen-bond donors (Lipinski definition) is 1. The van der Waals surface area contributed by atoms with Crippen LogP contribution in [-0.4, -0.2) is 33.3 Å². The molecule has 0 radical (unpaired) electrons. The number of benzene rings is 2. The molecule has 2 aliphatic heterocycles. The van der Waals surface area contributed by atoms with Crippen molar-refractivity contribution in [1.82, 2.24) is 9.97 Å². The van der Waals surface area contributed by atoms with Crippen LogP contribution in [0.2, 0.25) is 0 Å². The van der Waals surface area contributed by atoms with Crippen LogP contribution < -0.4 is 4.90 Å². The third kappa shape index (κ3) is 2.48. The van der Waals surface area contributed by atoms with Crippen LogP contribution in [0.4, 0.5) is 5.82 Å².